The number of aromatic nitrogens is 1. The Kier molecular flexibility index (Phi) is 8.53. The molecule has 1 aromatic heterocycles. The van der Waals surface area contributed by atoms with E-state index in [-0.39, 0.29) is 0 Å². The maximum atomic E-state index is 2.40. The molecule has 0 N–H and O–H groups in total. The van der Waals surface area contributed by atoms with Crippen LogP contribution in [-0.2, 0) is 0 Å². The summed E-state index contributed by atoms with van der Waals surface area (Å²) in [5, 5.41) is 10.0. The van der Waals surface area contributed by atoms with Crippen molar-refractivity contribution in [3.05, 3.63) is 243 Å². The molecule has 12 aromatic rings. The van der Waals surface area contributed by atoms with Crippen molar-refractivity contribution >= 4 is 71.2 Å². The minimum Gasteiger partial charge on any atom is -0.310 e. The molecule has 1 heterocycles. The third-order valence-electron chi connectivity index (χ3n) is 12.6. The number of hydrogen-bond donors (Lipinski definition) is 0. The monoisotopic (exact) mass is 788 g/mol. The fourth-order valence-electron chi connectivity index (χ4n) is 9.65. The number of anilines is 3. The van der Waals surface area contributed by atoms with Crippen LogP contribution in [0.25, 0.3) is 93.2 Å². The van der Waals surface area contributed by atoms with Crippen LogP contribution in [0.5, 0.6) is 0 Å². The van der Waals surface area contributed by atoms with Crippen LogP contribution in [-0.4, -0.2) is 4.57 Å². The lowest BCUT2D eigenvalue weighted by atomic mass is 9.94. The van der Waals surface area contributed by atoms with E-state index in [1.807, 2.05) is 0 Å². The molecule has 0 aliphatic rings. The fraction of sp³-hybridized carbons (Fsp3) is 0. The molecular weight excluding hydrogens is 749 g/mol. The highest BCUT2D eigenvalue weighted by atomic mass is 15.1. The molecule has 0 radical (unpaired) electrons. The van der Waals surface area contributed by atoms with Gasteiger partial charge in [0.15, 0.2) is 0 Å². The first-order valence-electron chi connectivity index (χ1n) is 21.3. The highest BCUT2D eigenvalue weighted by Crippen LogP contribution is 2.42. The van der Waals surface area contributed by atoms with Gasteiger partial charge in [-0.25, -0.2) is 0 Å². The Labute approximate surface area is 360 Å². The van der Waals surface area contributed by atoms with Gasteiger partial charge in [-0.3, -0.25) is 0 Å². The second-order valence-corrected chi connectivity index (χ2v) is 16.1. The van der Waals surface area contributed by atoms with Crippen molar-refractivity contribution < 1.29 is 0 Å². The molecule has 0 amide bonds. The highest BCUT2D eigenvalue weighted by molar-refractivity contribution is 6.12. The molecule has 0 saturated heterocycles. The molecule has 0 aliphatic carbocycles. The largest absolute Gasteiger partial charge is 0.310 e. The number of nitrogens with zero attached hydrogens (tertiary/aromatic N) is 2. The second-order valence-electron chi connectivity index (χ2n) is 16.1. The number of rotatable bonds is 7. The maximum Gasteiger partial charge on any atom is 0.0541 e. The lowest BCUT2D eigenvalue weighted by Gasteiger charge is -2.27. The van der Waals surface area contributed by atoms with Gasteiger partial charge in [-0.1, -0.05) is 176 Å². The smallest absolute Gasteiger partial charge is 0.0541 e. The topological polar surface area (TPSA) is 8.17 Å². The zero-order valence-electron chi connectivity index (χ0n) is 34.0. The number of benzene rings is 11. The van der Waals surface area contributed by atoms with E-state index >= 15 is 0 Å². The van der Waals surface area contributed by atoms with Crippen LogP contribution in [0, 0.1) is 0 Å². The molecule has 0 aliphatic heterocycles. The summed E-state index contributed by atoms with van der Waals surface area (Å²) in [6.45, 7) is 0. The normalized spacial score (nSPS) is 11.5. The van der Waals surface area contributed by atoms with Crippen LogP contribution in [0.4, 0.5) is 17.1 Å². The maximum absolute atomic E-state index is 2.40. The van der Waals surface area contributed by atoms with E-state index in [1.165, 1.54) is 81.9 Å². The SMILES string of the molecule is c1ccc(-n2c3ccccc3c3cc(-c4cccc(N(c5ccc(-c6cccc7c6ccc6ccccc67)cc5)c5cccc(-c6cccc7ccccc67)c5)c4)ccc32)cc1. The van der Waals surface area contributed by atoms with Crippen molar-refractivity contribution in [2.45, 2.75) is 0 Å². The van der Waals surface area contributed by atoms with Crippen molar-refractivity contribution in [3.63, 3.8) is 0 Å². The van der Waals surface area contributed by atoms with Gasteiger partial charge in [0.2, 0.25) is 0 Å². The molecule has 12 rings (SSSR count). The third-order valence-corrected chi connectivity index (χ3v) is 12.6. The molecule has 0 bridgehead atoms. The van der Waals surface area contributed by atoms with Crippen LogP contribution in [0.15, 0.2) is 243 Å². The summed E-state index contributed by atoms with van der Waals surface area (Å²) in [6.07, 6.45) is 0. The van der Waals surface area contributed by atoms with E-state index in [9.17, 15) is 0 Å². The Morgan fingerprint density at radius 2 is 0.806 bits per heavy atom. The molecule has 0 unspecified atom stereocenters. The predicted molar refractivity (Wildman–Crippen MR) is 264 cm³/mol. The van der Waals surface area contributed by atoms with Gasteiger partial charge < -0.3 is 9.47 Å². The van der Waals surface area contributed by atoms with Crippen molar-refractivity contribution in [1.29, 1.82) is 0 Å². The number of fused-ring (bicyclic) bond motifs is 7. The van der Waals surface area contributed by atoms with E-state index in [4.69, 9.17) is 0 Å². The molecule has 0 atom stereocenters. The molecule has 62 heavy (non-hydrogen) atoms. The lowest BCUT2D eigenvalue weighted by Crippen LogP contribution is -2.10. The van der Waals surface area contributed by atoms with Gasteiger partial charge >= 0.3 is 0 Å². The van der Waals surface area contributed by atoms with Gasteiger partial charge in [0.05, 0.1) is 11.0 Å². The summed E-state index contributed by atoms with van der Waals surface area (Å²) in [5.74, 6) is 0. The van der Waals surface area contributed by atoms with E-state index in [0.29, 0.717) is 0 Å². The van der Waals surface area contributed by atoms with Gasteiger partial charge in [0, 0.05) is 33.5 Å². The summed E-state index contributed by atoms with van der Waals surface area (Å²) >= 11 is 0. The van der Waals surface area contributed by atoms with Gasteiger partial charge in [0.1, 0.15) is 0 Å². The molecule has 2 heteroatoms. The molecular formula is C60H40N2. The first-order chi connectivity index (χ1) is 30.7. The quantitative estimate of drug-likeness (QED) is 0.146. The van der Waals surface area contributed by atoms with Crippen LogP contribution in [0.3, 0.4) is 0 Å². The lowest BCUT2D eigenvalue weighted by molar-refractivity contribution is 1.18. The van der Waals surface area contributed by atoms with Crippen LogP contribution in [0.2, 0.25) is 0 Å². The van der Waals surface area contributed by atoms with Crippen molar-refractivity contribution in [2.75, 3.05) is 4.90 Å². The molecule has 290 valence electrons. The Balaban J connectivity index is 0.997. The van der Waals surface area contributed by atoms with E-state index in [0.717, 1.165) is 28.3 Å². The summed E-state index contributed by atoms with van der Waals surface area (Å²) in [6, 6.07) is 88.5. The van der Waals surface area contributed by atoms with Gasteiger partial charge in [-0.05, 0) is 132 Å². The standard InChI is InChI=1S/C60H40N2/c1-2-19-47(20-3-1)62-59-29-9-8-25-57(59)58-40-45(33-37-60(58)62)44-17-10-21-49(38-44)61(50-22-11-18-46(39-50)54-26-12-16-41-14-4-6-23-51(41)54)48-34-30-43(31-35-48)53-27-13-28-55-52-24-7-5-15-42(52)32-36-56(53)55/h1-40H. The number of para-hydroxylation sites is 2. The van der Waals surface area contributed by atoms with Gasteiger partial charge in [0.25, 0.3) is 0 Å². The van der Waals surface area contributed by atoms with Gasteiger partial charge in [-0.15, -0.1) is 0 Å². The summed E-state index contributed by atoms with van der Waals surface area (Å²) in [4.78, 5) is 2.40. The Morgan fingerprint density at radius 3 is 1.61 bits per heavy atom. The van der Waals surface area contributed by atoms with Crippen molar-refractivity contribution in [2.24, 2.45) is 0 Å². The average Bonchev–Trinajstić information content (AvgIpc) is 3.68. The summed E-state index contributed by atoms with van der Waals surface area (Å²) in [7, 11) is 0. The molecule has 2 nitrogen and oxygen atoms in total. The zero-order chi connectivity index (χ0) is 41.0. The minimum absolute atomic E-state index is 1.09. The number of hydrogen-bond acceptors (Lipinski definition) is 1. The Bertz CT molecular complexity index is 3630. The minimum atomic E-state index is 1.09. The van der Waals surface area contributed by atoms with Crippen LogP contribution in [0.1, 0.15) is 0 Å². The first kappa shape index (κ1) is 35.7. The molecule has 0 saturated carbocycles. The summed E-state index contributed by atoms with van der Waals surface area (Å²) < 4.78 is 2.37. The van der Waals surface area contributed by atoms with E-state index in [2.05, 4.69) is 252 Å². The van der Waals surface area contributed by atoms with Crippen molar-refractivity contribution in [1.82, 2.24) is 4.57 Å². The molecule has 0 fully saturated rings. The van der Waals surface area contributed by atoms with E-state index in [1.54, 1.807) is 0 Å². The third kappa shape index (κ3) is 6.04. The Hall–Kier alpha value is -8.20. The average molecular weight is 789 g/mol. The fourth-order valence-corrected chi connectivity index (χ4v) is 9.65. The summed E-state index contributed by atoms with van der Waals surface area (Å²) in [5.41, 5.74) is 14.0. The predicted octanol–water partition coefficient (Wildman–Crippen LogP) is 16.7. The first-order valence-corrected chi connectivity index (χ1v) is 21.3. The second kappa shape index (κ2) is 14.8. The molecule has 11 aromatic carbocycles. The van der Waals surface area contributed by atoms with Crippen LogP contribution < -0.4 is 4.90 Å². The van der Waals surface area contributed by atoms with Crippen molar-refractivity contribution in [3.8, 4) is 39.1 Å². The van der Waals surface area contributed by atoms with E-state index < -0.39 is 0 Å². The zero-order valence-corrected chi connectivity index (χ0v) is 34.0. The highest BCUT2D eigenvalue weighted by Gasteiger charge is 2.18. The Morgan fingerprint density at radius 1 is 0.258 bits per heavy atom. The molecule has 0 spiro atoms. The van der Waals surface area contributed by atoms with Crippen LogP contribution >= 0.6 is 0 Å². The van der Waals surface area contributed by atoms with Gasteiger partial charge in [-0.2, -0.15) is 0 Å².